The molecule has 0 fully saturated rings. The number of ketones is 1. The van der Waals surface area contributed by atoms with Crippen LogP contribution in [0.25, 0.3) is 11.0 Å². The van der Waals surface area contributed by atoms with Crippen LogP contribution < -0.4 is 4.90 Å². The Labute approximate surface area is 208 Å². The van der Waals surface area contributed by atoms with Gasteiger partial charge in [0, 0.05) is 24.0 Å². The number of nitrogens with zero attached hydrogens (tertiary/aromatic N) is 3. The molecule has 184 valence electrons. The molecule has 1 aromatic heterocycles. The minimum Gasteiger partial charge on any atom is -0.503 e. The van der Waals surface area contributed by atoms with E-state index in [9.17, 15) is 19.5 Å². The highest BCUT2D eigenvalue weighted by Crippen LogP contribution is 2.53. The lowest BCUT2D eigenvalue weighted by atomic mass is 9.81. The van der Waals surface area contributed by atoms with Crippen molar-refractivity contribution in [3.05, 3.63) is 89.9 Å². The Balaban J connectivity index is 1.72. The number of Topliss-reactive ketones (excluding diaryl/α,β-unsaturated/α-hetero) is 1. The van der Waals surface area contributed by atoms with Gasteiger partial charge in [-0.3, -0.25) is 14.4 Å². The number of hydrogen-bond acceptors (Lipinski definition) is 6. The van der Waals surface area contributed by atoms with E-state index in [1.165, 1.54) is 9.80 Å². The number of hydrogen-bond donors (Lipinski definition) is 1. The molecule has 0 radical (unpaired) electrons. The molecule has 2 amide bonds. The summed E-state index contributed by atoms with van der Waals surface area (Å²) in [6.45, 7) is 4.77. The van der Waals surface area contributed by atoms with Crippen molar-refractivity contribution in [3.8, 4) is 0 Å². The fourth-order valence-corrected chi connectivity index (χ4v) is 5.24. The van der Waals surface area contributed by atoms with Crippen molar-refractivity contribution in [3.63, 3.8) is 0 Å². The number of rotatable bonds is 8. The molecule has 2 aromatic carbocycles. The van der Waals surface area contributed by atoms with Gasteiger partial charge in [-0.2, -0.15) is 0 Å². The zero-order valence-electron chi connectivity index (χ0n) is 20.2. The molecule has 0 saturated carbocycles. The van der Waals surface area contributed by atoms with Crippen molar-refractivity contribution >= 4 is 34.3 Å². The summed E-state index contributed by atoms with van der Waals surface area (Å²) in [6, 6.07) is 15.7. The molecule has 2 aliphatic heterocycles. The van der Waals surface area contributed by atoms with Gasteiger partial charge in [-0.15, -0.1) is 6.58 Å². The molecular weight excluding hydrogens is 458 g/mol. The Hall–Kier alpha value is -4.17. The number of para-hydroxylation sites is 2. The van der Waals surface area contributed by atoms with Crippen molar-refractivity contribution in [1.29, 1.82) is 0 Å². The first-order chi connectivity index (χ1) is 17.3. The fourth-order valence-electron chi connectivity index (χ4n) is 5.24. The van der Waals surface area contributed by atoms with E-state index in [0.717, 1.165) is 0 Å². The highest BCUT2D eigenvalue weighted by molar-refractivity contribution is 6.26. The largest absolute Gasteiger partial charge is 0.503 e. The fraction of sp³-hybridized carbons (Fsp3) is 0.250. The number of carbonyl (C=O) groups is 3. The summed E-state index contributed by atoms with van der Waals surface area (Å²) in [7, 11) is 3.82. The van der Waals surface area contributed by atoms with E-state index in [-0.39, 0.29) is 24.4 Å². The second-order valence-corrected chi connectivity index (χ2v) is 9.25. The van der Waals surface area contributed by atoms with Crippen LogP contribution in [0.4, 0.5) is 5.69 Å². The van der Waals surface area contributed by atoms with Gasteiger partial charge >= 0.3 is 0 Å². The number of carbonyl (C=O) groups excluding carboxylic acids is 3. The van der Waals surface area contributed by atoms with E-state index in [1.807, 2.05) is 25.1 Å². The molecule has 3 aromatic rings. The van der Waals surface area contributed by atoms with Crippen LogP contribution in [0.3, 0.4) is 0 Å². The normalized spacial score (nSPS) is 19.3. The number of amides is 2. The van der Waals surface area contributed by atoms with E-state index in [0.29, 0.717) is 35.2 Å². The van der Waals surface area contributed by atoms with Crippen LogP contribution in [0.5, 0.6) is 0 Å². The summed E-state index contributed by atoms with van der Waals surface area (Å²) in [4.78, 5) is 46.5. The Morgan fingerprint density at radius 3 is 2.58 bits per heavy atom. The highest BCUT2D eigenvalue weighted by Gasteiger charge is 2.65. The van der Waals surface area contributed by atoms with Crippen molar-refractivity contribution in [1.82, 2.24) is 9.80 Å². The maximum atomic E-state index is 14.2. The predicted molar refractivity (Wildman–Crippen MR) is 136 cm³/mol. The molecule has 2 aliphatic rings. The Morgan fingerprint density at radius 1 is 1.14 bits per heavy atom. The Morgan fingerprint density at radius 2 is 1.86 bits per heavy atom. The van der Waals surface area contributed by atoms with Crippen molar-refractivity contribution in [2.45, 2.75) is 12.0 Å². The van der Waals surface area contributed by atoms with E-state index in [2.05, 4.69) is 6.58 Å². The van der Waals surface area contributed by atoms with Gasteiger partial charge in [0.1, 0.15) is 5.58 Å². The summed E-state index contributed by atoms with van der Waals surface area (Å²) >= 11 is 0. The third-order valence-corrected chi connectivity index (χ3v) is 6.77. The molecule has 5 rings (SSSR count). The second-order valence-electron chi connectivity index (χ2n) is 9.25. The third-order valence-electron chi connectivity index (χ3n) is 6.77. The zero-order valence-corrected chi connectivity index (χ0v) is 20.2. The molecule has 0 bridgehead atoms. The summed E-state index contributed by atoms with van der Waals surface area (Å²) in [5.41, 5.74) is -0.548. The summed E-state index contributed by atoms with van der Waals surface area (Å²) in [6.07, 6.45) is 2.13. The van der Waals surface area contributed by atoms with Crippen molar-refractivity contribution < 1.29 is 23.9 Å². The van der Waals surface area contributed by atoms with Crippen LogP contribution in [0.2, 0.25) is 0 Å². The third kappa shape index (κ3) is 3.29. The Kier molecular flexibility index (Phi) is 5.76. The SMILES string of the molecule is C=CCN1C(=O)C2(C(C(=O)c3cc4ccccc4o3)=C(O)C(=O)N2CCCN(C)C)c2ccccc21. The molecule has 1 spiro atoms. The number of aliphatic hydroxyl groups excluding tert-OH is 1. The van der Waals surface area contributed by atoms with Crippen LogP contribution >= 0.6 is 0 Å². The van der Waals surface area contributed by atoms with Crippen LogP contribution in [0, 0.1) is 0 Å². The summed E-state index contributed by atoms with van der Waals surface area (Å²) in [5, 5.41) is 11.9. The molecule has 0 saturated heterocycles. The monoisotopic (exact) mass is 485 g/mol. The molecule has 3 heterocycles. The molecule has 8 nitrogen and oxygen atoms in total. The smallest absolute Gasteiger partial charge is 0.290 e. The van der Waals surface area contributed by atoms with Crippen molar-refractivity contribution in [2.75, 3.05) is 38.6 Å². The quantitative estimate of drug-likeness (QED) is 0.387. The first-order valence-corrected chi connectivity index (χ1v) is 11.8. The first kappa shape index (κ1) is 23.6. The lowest BCUT2D eigenvalue weighted by Gasteiger charge is -2.35. The maximum absolute atomic E-state index is 14.2. The minimum absolute atomic E-state index is 0.0486. The van der Waals surface area contributed by atoms with Gasteiger partial charge in [-0.25, -0.2) is 0 Å². The van der Waals surface area contributed by atoms with Crippen LogP contribution in [-0.2, 0) is 15.1 Å². The average molecular weight is 486 g/mol. The standard InChI is InChI=1S/C28H27N3O5/c1-4-14-30-20-12-7-6-11-19(20)28(27(30)35)23(25(33)26(34)31(28)16-9-15-29(2)3)24(32)22-17-18-10-5-8-13-21(18)36-22/h4-8,10-13,17,33H,1,9,14-16H2,2-3H3. The van der Waals surface area contributed by atoms with Gasteiger partial charge in [0.2, 0.25) is 5.78 Å². The summed E-state index contributed by atoms with van der Waals surface area (Å²) in [5.74, 6) is -2.71. The number of benzene rings is 2. The van der Waals surface area contributed by atoms with Crippen molar-refractivity contribution in [2.24, 2.45) is 0 Å². The van der Waals surface area contributed by atoms with E-state index >= 15 is 0 Å². The van der Waals surface area contributed by atoms with Gasteiger partial charge in [0.05, 0.1) is 11.3 Å². The lowest BCUT2D eigenvalue weighted by Crippen LogP contribution is -2.54. The molecule has 0 aliphatic carbocycles. The zero-order chi connectivity index (χ0) is 25.6. The topological polar surface area (TPSA) is 94.3 Å². The predicted octanol–water partition coefficient (Wildman–Crippen LogP) is 3.65. The van der Waals surface area contributed by atoms with Gasteiger partial charge < -0.3 is 24.2 Å². The van der Waals surface area contributed by atoms with E-state index in [1.54, 1.807) is 54.6 Å². The molecule has 1 atom stereocenters. The van der Waals surface area contributed by atoms with E-state index < -0.39 is 28.9 Å². The number of anilines is 1. The maximum Gasteiger partial charge on any atom is 0.290 e. The van der Waals surface area contributed by atoms with Gasteiger partial charge in [0.15, 0.2) is 17.1 Å². The Bertz CT molecular complexity index is 1400. The average Bonchev–Trinajstić information content (AvgIpc) is 3.47. The van der Waals surface area contributed by atoms with Gasteiger partial charge in [0.25, 0.3) is 11.8 Å². The number of aliphatic hydroxyl groups is 1. The molecule has 36 heavy (non-hydrogen) atoms. The molecular formula is C28H27N3O5. The number of fused-ring (bicyclic) bond motifs is 3. The minimum atomic E-state index is -1.80. The summed E-state index contributed by atoms with van der Waals surface area (Å²) < 4.78 is 5.80. The second kappa shape index (κ2) is 8.80. The first-order valence-electron chi connectivity index (χ1n) is 11.8. The molecule has 1 N–H and O–H groups in total. The number of furan rings is 1. The molecule has 1 unspecified atom stereocenters. The van der Waals surface area contributed by atoms with Gasteiger partial charge in [-0.1, -0.05) is 42.5 Å². The van der Waals surface area contributed by atoms with Crippen LogP contribution in [-0.4, -0.2) is 66.2 Å². The lowest BCUT2D eigenvalue weighted by molar-refractivity contribution is -0.139. The van der Waals surface area contributed by atoms with Crippen LogP contribution in [0.1, 0.15) is 22.5 Å². The highest BCUT2D eigenvalue weighted by atomic mass is 16.3. The van der Waals surface area contributed by atoms with Crippen LogP contribution in [0.15, 0.2) is 83.0 Å². The van der Waals surface area contributed by atoms with E-state index in [4.69, 9.17) is 4.42 Å². The van der Waals surface area contributed by atoms with Gasteiger partial charge in [-0.05, 0) is 45.3 Å². The molecule has 8 heteroatoms.